The van der Waals surface area contributed by atoms with E-state index in [4.69, 9.17) is 0 Å². The van der Waals surface area contributed by atoms with Gasteiger partial charge >= 0.3 is 0 Å². The molecule has 2 rings (SSSR count). The third kappa shape index (κ3) is 4.56. The molecule has 0 aliphatic rings. The van der Waals surface area contributed by atoms with Gasteiger partial charge in [0.05, 0.1) is 18.0 Å². The van der Waals surface area contributed by atoms with Gasteiger partial charge in [-0.3, -0.25) is 0 Å². The normalized spacial score (nSPS) is 12.7. The van der Waals surface area contributed by atoms with Crippen LogP contribution in [0.3, 0.4) is 0 Å². The van der Waals surface area contributed by atoms with Crippen LogP contribution in [0.25, 0.3) is 11.3 Å². The van der Waals surface area contributed by atoms with E-state index in [1.165, 1.54) is 18.2 Å². The monoisotopic (exact) mass is 320 g/mol. The topological polar surface area (TPSA) is 45.1 Å². The zero-order valence-electron chi connectivity index (χ0n) is 13.6. The van der Waals surface area contributed by atoms with Gasteiger partial charge in [0, 0.05) is 18.2 Å². The molecule has 0 fully saturated rings. The van der Waals surface area contributed by atoms with E-state index in [1.54, 1.807) is 13.0 Å². The van der Waals surface area contributed by atoms with Crippen molar-refractivity contribution in [1.29, 1.82) is 0 Å². The van der Waals surface area contributed by atoms with Crippen LogP contribution in [0.2, 0.25) is 0 Å². The number of hydrogen-bond donors (Lipinski definition) is 2. The van der Waals surface area contributed by atoms with Crippen LogP contribution in [0.15, 0.2) is 30.3 Å². The minimum Gasteiger partial charge on any atom is -0.395 e. The van der Waals surface area contributed by atoms with Crippen molar-refractivity contribution in [3.05, 3.63) is 53.2 Å². The first kappa shape index (κ1) is 17.5. The standard InChI is InChI=1S/C18H22F2N2O/c1-11(2)18(10-23)21-9-17-15(20)4-5-16(22-17)13-6-12(3)7-14(19)8-13/h4-8,11,18,21,23H,9-10H2,1-3H3/t18-/m0/s1. The summed E-state index contributed by atoms with van der Waals surface area (Å²) in [4.78, 5) is 4.30. The van der Waals surface area contributed by atoms with Gasteiger partial charge in [-0.25, -0.2) is 13.8 Å². The summed E-state index contributed by atoms with van der Waals surface area (Å²) >= 11 is 0. The molecule has 0 unspecified atom stereocenters. The summed E-state index contributed by atoms with van der Waals surface area (Å²) in [6.07, 6.45) is 0. The van der Waals surface area contributed by atoms with Crippen molar-refractivity contribution in [2.75, 3.05) is 6.61 Å². The molecular formula is C18H22F2N2O. The fraction of sp³-hybridized carbons (Fsp3) is 0.389. The van der Waals surface area contributed by atoms with Crippen LogP contribution in [0.1, 0.15) is 25.1 Å². The Kier molecular flexibility index (Phi) is 5.80. The van der Waals surface area contributed by atoms with E-state index in [0.29, 0.717) is 11.3 Å². The number of nitrogens with zero attached hydrogens (tertiary/aromatic N) is 1. The highest BCUT2D eigenvalue weighted by molar-refractivity contribution is 5.60. The van der Waals surface area contributed by atoms with Crippen LogP contribution in [0, 0.1) is 24.5 Å². The van der Waals surface area contributed by atoms with Crippen molar-refractivity contribution >= 4 is 0 Å². The molecule has 2 aromatic rings. The number of rotatable bonds is 6. The van der Waals surface area contributed by atoms with Gasteiger partial charge in [0.2, 0.25) is 0 Å². The van der Waals surface area contributed by atoms with Gasteiger partial charge in [-0.15, -0.1) is 0 Å². The van der Waals surface area contributed by atoms with E-state index in [9.17, 15) is 13.9 Å². The van der Waals surface area contributed by atoms with Crippen LogP contribution >= 0.6 is 0 Å². The fourth-order valence-electron chi connectivity index (χ4n) is 2.39. The molecule has 0 spiro atoms. The average molecular weight is 320 g/mol. The largest absolute Gasteiger partial charge is 0.395 e. The van der Waals surface area contributed by atoms with Gasteiger partial charge in [0.15, 0.2) is 0 Å². The van der Waals surface area contributed by atoms with Crippen LogP contribution in [-0.2, 0) is 6.54 Å². The Hall–Kier alpha value is -1.85. The van der Waals surface area contributed by atoms with Gasteiger partial charge in [0.1, 0.15) is 11.6 Å². The number of halogens is 2. The lowest BCUT2D eigenvalue weighted by Gasteiger charge is -2.20. The van der Waals surface area contributed by atoms with E-state index in [0.717, 1.165) is 5.56 Å². The van der Waals surface area contributed by atoms with Crippen LogP contribution < -0.4 is 5.32 Å². The van der Waals surface area contributed by atoms with Gasteiger partial charge in [0.25, 0.3) is 0 Å². The summed E-state index contributed by atoms with van der Waals surface area (Å²) in [5.74, 6) is -0.544. The number of benzene rings is 1. The molecule has 0 bridgehead atoms. The predicted octanol–water partition coefficient (Wildman–Crippen LogP) is 3.44. The molecule has 1 aromatic heterocycles. The number of hydrogen-bond acceptors (Lipinski definition) is 3. The molecule has 0 radical (unpaired) electrons. The van der Waals surface area contributed by atoms with E-state index < -0.39 is 5.82 Å². The molecule has 2 N–H and O–H groups in total. The third-order valence-corrected chi connectivity index (χ3v) is 3.79. The van der Waals surface area contributed by atoms with Crippen LogP contribution in [-0.4, -0.2) is 22.7 Å². The van der Waals surface area contributed by atoms with E-state index in [2.05, 4.69) is 10.3 Å². The number of aromatic nitrogens is 1. The first-order valence-corrected chi connectivity index (χ1v) is 7.68. The Morgan fingerprint density at radius 2 is 1.91 bits per heavy atom. The Bertz CT molecular complexity index is 654. The lowest BCUT2D eigenvalue weighted by Crippen LogP contribution is -2.36. The lowest BCUT2D eigenvalue weighted by atomic mass is 10.1. The summed E-state index contributed by atoms with van der Waals surface area (Å²) in [6.45, 7) is 5.93. The second-order valence-electron chi connectivity index (χ2n) is 6.06. The Morgan fingerprint density at radius 1 is 1.17 bits per heavy atom. The lowest BCUT2D eigenvalue weighted by molar-refractivity contribution is 0.209. The molecule has 5 heteroatoms. The Morgan fingerprint density at radius 3 is 2.52 bits per heavy atom. The molecule has 0 aliphatic carbocycles. The third-order valence-electron chi connectivity index (χ3n) is 3.79. The first-order valence-electron chi connectivity index (χ1n) is 7.68. The quantitative estimate of drug-likeness (QED) is 0.857. The maximum Gasteiger partial charge on any atom is 0.146 e. The van der Waals surface area contributed by atoms with Crippen LogP contribution in [0.5, 0.6) is 0 Å². The summed E-state index contributed by atoms with van der Waals surface area (Å²) in [5.41, 5.74) is 2.18. The SMILES string of the molecule is Cc1cc(F)cc(-c2ccc(F)c(CN[C@@H](CO)C(C)C)n2)c1. The first-order chi connectivity index (χ1) is 10.9. The molecule has 1 atom stereocenters. The maximum atomic E-state index is 14.0. The van der Waals surface area contributed by atoms with Gasteiger partial charge < -0.3 is 10.4 Å². The second-order valence-corrected chi connectivity index (χ2v) is 6.06. The van der Waals surface area contributed by atoms with Crippen molar-refractivity contribution in [2.45, 2.75) is 33.4 Å². The Balaban J connectivity index is 2.25. The van der Waals surface area contributed by atoms with E-state index in [-0.39, 0.29) is 36.6 Å². The molecule has 124 valence electrons. The summed E-state index contributed by atoms with van der Waals surface area (Å²) in [5, 5.41) is 12.4. The number of aliphatic hydroxyl groups excluding tert-OH is 1. The fourth-order valence-corrected chi connectivity index (χ4v) is 2.39. The van der Waals surface area contributed by atoms with Crippen molar-refractivity contribution in [2.24, 2.45) is 5.92 Å². The molecule has 0 aliphatic heterocycles. The highest BCUT2D eigenvalue weighted by atomic mass is 19.1. The molecule has 0 saturated carbocycles. The maximum absolute atomic E-state index is 14.0. The zero-order valence-corrected chi connectivity index (χ0v) is 13.6. The van der Waals surface area contributed by atoms with Crippen molar-refractivity contribution in [3.63, 3.8) is 0 Å². The second kappa shape index (κ2) is 7.62. The number of aliphatic hydroxyl groups is 1. The summed E-state index contributed by atoms with van der Waals surface area (Å²) in [6, 6.07) is 7.38. The van der Waals surface area contributed by atoms with E-state index >= 15 is 0 Å². The van der Waals surface area contributed by atoms with Gasteiger partial charge in [-0.2, -0.15) is 0 Å². The average Bonchev–Trinajstić information content (AvgIpc) is 2.48. The minimum absolute atomic E-state index is 0.0257. The molecule has 23 heavy (non-hydrogen) atoms. The number of nitrogens with one attached hydrogen (secondary N) is 1. The van der Waals surface area contributed by atoms with E-state index in [1.807, 2.05) is 19.9 Å². The molecule has 0 saturated heterocycles. The number of aryl methyl sites for hydroxylation is 1. The zero-order chi connectivity index (χ0) is 17.0. The van der Waals surface area contributed by atoms with Crippen LogP contribution in [0.4, 0.5) is 8.78 Å². The van der Waals surface area contributed by atoms with Crippen molar-refractivity contribution < 1.29 is 13.9 Å². The molecule has 1 aromatic carbocycles. The Labute approximate surface area is 135 Å². The van der Waals surface area contributed by atoms with Gasteiger partial charge in [-0.05, 0) is 48.7 Å². The van der Waals surface area contributed by atoms with Crippen molar-refractivity contribution in [3.8, 4) is 11.3 Å². The highest BCUT2D eigenvalue weighted by Gasteiger charge is 2.14. The van der Waals surface area contributed by atoms with Gasteiger partial charge in [-0.1, -0.05) is 13.8 Å². The smallest absolute Gasteiger partial charge is 0.146 e. The summed E-state index contributed by atoms with van der Waals surface area (Å²) in [7, 11) is 0. The minimum atomic E-state index is -0.421. The molecule has 0 amide bonds. The highest BCUT2D eigenvalue weighted by Crippen LogP contribution is 2.21. The summed E-state index contributed by atoms with van der Waals surface area (Å²) < 4.78 is 27.5. The molecule has 1 heterocycles. The molecule has 3 nitrogen and oxygen atoms in total. The number of pyridine rings is 1. The predicted molar refractivity (Wildman–Crippen MR) is 86.9 cm³/mol. The van der Waals surface area contributed by atoms with Crippen molar-refractivity contribution in [1.82, 2.24) is 10.3 Å². The molecular weight excluding hydrogens is 298 g/mol.